The summed E-state index contributed by atoms with van der Waals surface area (Å²) in [6.07, 6.45) is 2.71. The molecule has 1 fully saturated rings. The van der Waals surface area contributed by atoms with E-state index >= 15 is 0 Å². The van der Waals surface area contributed by atoms with Gasteiger partial charge >= 0.3 is 0 Å². The van der Waals surface area contributed by atoms with E-state index in [1.54, 1.807) is 6.07 Å². The number of carbonyl (C=O) groups is 1. The van der Waals surface area contributed by atoms with E-state index in [2.05, 4.69) is 18.9 Å². The lowest BCUT2D eigenvalue weighted by Crippen LogP contribution is -2.54. The molecule has 0 radical (unpaired) electrons. The Hall–Kier alpha value is -1.36. The van der Waals surface area contributed by atoms with Gasteiger partial charge in [-0.15, -0.1) is 0 Å². The van der Waals surface area contributed by atoms with Gasteiger partial charge in [-0.3, -0.25) is 9.48 Å². The summed E-state index contributed by atoms with van der Waals surface area (Å²) in [5.41, 5.74) is 6.59. The number of nitrogens with two attached hydrogens (primary N) is 1. The number of piperidine rings is 1. The van der Waals surface area contributed by atoms with E-state index in [0.717, 1.165) is 13.0 Å². The van der Waals surface area contributed by atoms with Crippen LogP contribution in [0.1, 0.15) is 50.6 Å². The first kappa shape index (κ1) is 14.1. The lowest BCUT2D eigenvalue weighted by atomic mass is 9.79. The zero-order valence-electron chi connectivity index (χ0n) is 12.3. The van der Waals surface area contributed by atoms with Crippen molar-refractivity contribution in [3.05, 3.63) is 18.0 Å². The van der Waals surface area contributed by atoms with Gasteiger partial charge in [0.15, 0.2) is 0 Å². The predicted octanol–water partition coefficient (Wildman–Crippen LogP) is 1.66. The van der Waals surface area contributed by atoms with Gasteiger partial charge < -0.3 is 10.6 Å². The highest BCUT2D eigenvalue weighted by Crippen LogP contribution is 2.28. The quantitative estimate of drug-likeness (QED) is 0.883. The molecule has 1 saturated heterocycles. The number of likely N-dealkylation sites (tertiary alicyclic amines) is 1. The van der Waals surface area contributed by atoms with E-state index in [1.807, 2.05) is 29.6 Å². The van der Waals surface area contributed by atoms with E-state index in [0.29, 0.717) is 12.2 Å². The molecule has 2 N–H and O–H groups in total. The fourth-order valence-corrected chi connectivity index (χ4v) is 2.45. The van der Waals surface area contributed by atoms with Gasteiger partial charge in [-0.25, -0.2) is 0 Å². The molecule has 0 aromatic carbocycles. The summed E-state index contributed by atoms with van der Waals surface area (Å²) in [5.74, 6) is 0.0133. The van der Waals surface area contributed by atoms with Crippen LogP contribution in [0.2, 0.25) is 0 Å². The van der Waals surface area contributed by atoms with Gasteiger partial charge in [0.1, 0.15) is 5.69 Å². The van der Waals surface area contributed by atoms with Crippen LogP contribution >= 0.6 is 0 Å². The maximum absolute atomic E-state index is 12.4. The zero-order valence-corrected chi connectivity index (χ0v) is 12.3. The van der Waals surface area contributed by atoms with Crippen LogP contribution in [0.4, 0.5) is 0 Å². The Balaban J connectivity index is 2.11. The molecular formula is C14H24N4O. The molecule has 106 valence electrons. The number of amides is 1. The lowest BCUT2D eigenvalue weighted by Gasteiger charge is -2.42. The number of rotatable bonds is 2. The molecule has 5 heteroatoms. The molecule has 1 aromatic rings. The van der Waals surface area contributed by atoms with Crippen molar-refractivity contribution in [1.82, 2.24) is 14.7 Å². The average molecular weight is 264 g/mol. The summed E-state index contributed by atoms with van der Waals surface area (Å²) in [6, 6.07) is 2.22. The highest BCUT2D eigenvalue weighted by molar-refractivity contribution is 5.92. The Morgan fingerprint density at radius 1 is 1.53 bits per heavy atom. The minimum Gasteiger partial charge on any atom is -0.337 e. The molecule has 0 bridgehead atoms. The number of hydrogen-bond acceptors (Lipinski definition) is 3. The third-order valence-electron chi connectivity index (χ3n) is 3.96. The van der Waals surface area contributed by atoms with Crippen LogP contribution in [-0.2, 0) is 0 Å². The second kappa shape index (κ2) is 4.96. The molecule has 1 aliphatic heterocycles. The van der Waals surface area contributed by atoms with Gasteiger partial charge in [-0.05, 0) is 31.7 Å². The SMILES string of the molecule is CC(C)n1ccc(C(=O)N2CCC(N)C(C)(C)C2)n1. The Labute approximate surface area is 114 Å². The largest absolute Gasteiger partial charge is 0.337 e. The molecule has 2 heterocycles. The van der Waals surface area contributed by atoms with Crippen LogP contribution in [0.3, 0.4) is 0 Å². The van der Waals surface area contributed by atoms with Crippen LogP contribution < -0.4 is 5.73 Å². The second-order valence-corrected chi connectivity index (χ2v) is 6.39. The molecule has 0 spiro atoms. The third kappa shape index (κ3) is 2.81. The number of hydrogen-bond donors (Lipinski definition) is 1. The van der Waals surface area contributed by atoms with Gasteiger partial charge in [0.2, 0.25) is 0 Å². The third-order valence-corrected chi connectivity index (χ3v) is 3.96. The average Bonchev–Trinajstić information content (AvgIpc) is 2.81. The molecule has 2 rings (SSSR count). The van der Waals surface area contributed by atoms with E-state index in [9.17, 15) is 4.79 Å². The summed E-state index contributed by atoms with van der Waals surface area (Å²) in [7, 11) is 0. The van der Waals surface area contributed by atoms with E-state index in [4.69, 9.17) is 5.73 Å². The van der Waals surface area contributed by atoms with Crippen molar-refractivity contribution in [1.29, 1.82) is 0 Å². The molecule has 1 aliphatic rings. The van der Waals surface area contributed by atoms with Gasteiger partial charge in [-0.1, -0.05) is 13.8 Å². The normalized spacial score (nSPS) is 22.8. The highest BCUT2D eigenvalue weighted by atomic mass is 16.2. The summed E-state index contributed by atoms with van der Waals surface area (Å²) in [5, 5.41) is 4.35. The summed E-state index contributed by atoms with van der Waals surface area (Å²) in [6.45, 7) is 9.74. The number of nitrogens with zero attached hydrogens (tertiary/aromatic N) is 3. The standard InChI is InChI=1S/C14H24N4O/c1-10(2)18-8-5-11(16-18)13(19)17-7-6-12(15)14(3,4)9-17/h5,8,10,12H,6-7,9,15H2,1-4H3. The number of carbonyl (C=O) groups excluding carboxylic acids is 1. The molecule has 19 heavy (non-hydrogen) atoms. The molecule has 0 saturated carbocycles. The van der Waals surface area contributed by atoms with E-state index in [1.165, 1.54) is 0 Å². The molecule has 1 amide bonds. The Morgan fingerprint density at radius 3 is 2.74 bits per heavy atom. The lowest BCUT2D eigenvalue weighted by molar-refractivity contribution is 0.0526. The van der Waals surface area contributed by atoms with Crippen LogP contribution in [0.25, 0.3) is 0 Å². The Kier molecular flexibility index (Phi) is 3.67. The molecule has 5 nitrogen and oxygen atoms in total. The minimum absolute atomic E-state index is 0.0133. The van der Waals surface area contributed by atoms with Crippen molar-refractivity contribution >= 4 is 5.91 Å². The van der Waals surface area contributed by atoms with Crippen molar-refractivity contribution in [2.45, 2.75) is 46.2 Å². The molecule has 1 unspecified atom stereocenters. The van der Waals surface area contributed by atoms with E-state index < -0.39 is 0 Å². The topological polar surface area (TPSA) is 64.2 Å². The van der Waals surface area contributed by atoms with Gasteiger partial charge in [0.05, 0.1) is 0 Å². The smallest absolute Gasteiger partial charge is 0.274 e. The van der Waals surface area contributed by atoms with Crippen molar-refractivity contribution in [2.75, 3.05) is 13.1 Å². The van der Waals surface area contributed by atoms with Gasteiger partial charge in [0, 0.05) is 31.4 Å². The second-order valence-electron chi connectivity index (χ2n) is 6.39. The minimum atomic E-state index is -0.0332. The fourth-order valence-electron chi connectivity index (χ4n) is 2.45. The van der Waals surface area contributed by atoms with Crippen molar-refractivity contribution in [2.24, 2.45) is 11.1 Å². The summed E-state index contributed by atoms with van der Waals surface area (Å²) < 4.78 is 1.81. The van der Waals surface area contributed by atoms with Crippen LogP contribution in [0, 0.1) is 5.41 Å². The maximum atomic E-state index is 12.4. The van der Waals surface area contributed by atoms with Crippen LogP contribution in [0.15, 0.2) is 12.3 Å². The van der Waals surface area contributed by atoms with Gasteiger partial charge in [-0.2, -0.15) is 5.10 Å². The van der Waals surface area contributed by atoms with Crippen molar-refractivity contribution in [3.63, 3.8) is 0 Å². The Morgan fingerprint density at radius 2 is 2.21 bits per heavy atom. The summed E-state index contributed by atoms with van der Waals surface area (Å²) >= 11 is 0. The maximum Gasteiger partial charge on any atom is 0.274 e. The van der Waals surface area contributed by atoms with E-state index in [-0.39, 0.29) is 23.4 Å². The monoisotopic (exact) mass is 264 g/mol. The predicted molar refractivity (Wildman–Crippen MR) is 74.9 cm³/mol. The molecule has 1 aromatic heterocycles. The highest BCUT2D eigenvalue weighted by Gasteiger charge is 2.36. The summed E-state index contributed by atoms with van der Waals surface area (Å²) in [4.78, 5) is 14.3. The first-order chi connectivity index (χ1) is 8.81. The van der Waals surface area contributed by atoms with Crippen LogP contribution in [0.5, 0.6) is 0 Å². The van der Waals surface area contributed by atoms with Crippen molar-refractivity contribution in [3.8, 4) is 0 Å². The van der Waals surface area contributed by atoms with Crippen molar-refractivity contribution < 1.29 is 4.79 Å². The first-order valence-electron chi connectivity index (χ1n) is 6.91. The van der Waals surface area contributed by atoms with Crippen LogP contribution in [-0.4, -0.2) is 39.7 Å². The number of aromatic nitrogens is 2. The molecule has 0 aliphatic carbocycles. The molecular weight excluding hydrogens is 240 g/mol. The molecule has 1 atom stereocenters. The fraction of sp³-hybridized carbons (Fsp3) is 0.714. The van der Waals surface area contributed by atoms with Gasteiger partial charge in [0.25, 0.3) is 5.91 Å². The first-order valence-corrected chi connectivity index (χ1v) is 6.91. The zero-order chi connectivity index (χ0) is 14.2. The Bertz CT molecular complexity index is 464.